The van der Waals surface area contributed by atoms with Crippen LogP contribution in [0.15, 0.2) is 24.3 Å². The Morgan fingerprint density at radius 3 is 2.75 bits per heavy atom. The van der Waals surface area contributed by atoms with Crippen LogP contribution in [0.4, 0.5) is 0 Å². The van der Waals surface area contributed by atoms with E-state index in [1.165, 1.54) is 18.4 Å². The van der Waals surface area contributed by atoms with Crippen molar-refractivity contribution in [1.29, 1.82) is 0 Å². The minimum absolute atomic E-state index is 0.190. The highest BCUT2D eigenvalue weighted by Gasteiger charge is 2.26. The van der Waals surface area contributed by atoms with Gasteiger partial charge in [0.1, 0.15) is 5.75 Å². The molecule has 0 bridgehead atoms. The first-order valence-corrected chi connectivity index (χ1v) is 7.81. The number of benzene rings is 1. The van der Waals surface area contributed by atoms with Crippen LogP contribution in [-0.4, -0.2) is 30.6 Å². The quantitative estimate of drug-likeness (QED) is 0.897. The number of hydrogen-bond acceptors (Lipinski definition) is 3. The summed E-state index contributed by atoms with van der Waals surface area (Å²) in [5.41, 5.74) is 7.32. The van der Waals surface area contributed by atoms with E-state index in [2.05, 4.69) is 43.9 Å². The van der Waals surface area contributed by atoms with Crippen LogP contribution in [0, 0.1) is 5.92 Å². The molecule has 1 saturated heterocycles. The van der Waals surface area contributed by atoms with Crippen molar-refractivity contribution in [3.63, 3.8) is 0 Å². The molecule has 0 aromatic heterocycles. The van der Waals surface area contributed by atoms with Gasteiger partial charge in [-0.05, 0) is 45.2 Å². The van der Waals surface area contributed by atoms with Gasteiger partial charge in [0.05, 0.1) is 12.1 Å². The molecule has 3 heteroatoms. The normalized spacial score (nSPS) is 21.9. The molecule has 2 N–H and O–H groups in total. The van der Waals surface area contributed by atoms with Crippen LogP contribution in [0.2, 0.25) is 0 Å². The molecular weight excluding hydrogens is 248 g/mol. The van der Waals surface area contributed by atoms with Crippen molar-refractivity contribution in [2.24, 2.45) is 11.7 Å². The summed E-state index contributed by atoms with van der Waals surface area (Å²) in [5, 5.41) is 0. The molecule has 0 amide bonds. The van der Waals surface area contributed by atoms with E-state index in [1.54, 1.807) is 0 Å². The van der Waals surface area contributed by atoms with Crippen LogP contribution >= 0.6 is 0 Å². The van der Waals surface area contributed by atoms with Crippen molar-refractivity contribution < 1.29 is 4.74 Å². The second kappa shape index (κ2) is 7.09. The monoisotopic (exact) mass is 276 g/mol. The third-order valence-corrected chi connectivity index (χ3v) is 3.99. The van der Waals surface area contributed by atoms with Crippen molar-refractivity contribution in [3.05, 3.63) is 29.8 Å². The van der Waals surface area contributed by atoms with Crippen LogP contribution in [0.1, 0.15) is 45.2 Å². The molecular formula is C17H28N2O. The topological polar surface area (TPSA) is 38.5 Å². The number of likely N-dealkylation sites (tertiary alicyclic amines) is 1. The summed E-state index contributed by atoms with van der Waals surface area (Å²) in [6.45, 7) is 9.38. The molecule has 0 aliphatic carbocycles. The Labute approximate surface area is 123 Å². The highest BCUT2D eigenvalue weighted by molar-refractivity contribution is 5.36. The average Bonchev–Trinajstić information content (AvgIpc) is 2.41. The molecule has 2 atom stereocenters. The van der Waals surface area contributed by atoms with E-state index in [4.69, 9.17) is 10.5 Å². The number of hydrogen-bond donors (Lipinski definition) is 1. The van der Waals surface area contributed by atoms with Crippen LogP contribution in [0.25, 0.3) is 0 Å². The molecule has 0 radical (unpaired) electrons. The first kappa shape index (κ1) is 15.3. The van der Waals surface area contributed by atoms with Crippen molar-refractivity contribution in [2.75, 3.05) is 19.6 Å². The zero-order valence-corrected chi connectivity index (χ0v) is 13.0. The molecule has 112 valence electrons. The lowest BCUT2D eigenvalue weighted by Gasteiger charge is -2.37. The van der Waals surface area contributed by atoms with Gasteiger partial charge in [0.25, 0.3) is 0 Å². The standard InChI is InChI=1S/C17H28N2O/c1-13(2)20-17-9-5-4-8-15(17)16(11-18)19-10-6-7-14(3)12-19/h4-5,8-9,13-14,16H,6-7,10-12,18H2,1-3H3. The maximum atomic E-state index is 6.08. The molecule has 0 spiro atoms. The lowest BCUT2D eigenvalue weighted by molar-refractivity contribution is 0.129. The molecule has 2 unspecified atom stereocenters. The Hall–Kier alpha value is -1.06. The Bertz CT molecular complexity index is 419. The third-order valence-electron chi connectivity index (χ3n) is 3.99. The van der Waals surface area contributed by atoms with E-state index in [0.717, 1.165) is 24.8 Å². The summed E-state index contributed by atoms with van der Waals surface area (Å²) >= 11 is 0. The van der Waals surface area contributed by atoms with Crippen molar-refractivity contribution in [3.8, 4) is 5.75 Å². The Morgan fingerprint density at radius 2 is 2.10 bits per heavy atom. The van der Waals surface area contributed by atoms with Crippen molar-refractivity contribution in [1.82, 2.24) is 4.90 Å². The van der Waals surface area contributed by atoms with Gasteiger partial charge in [0.2, 0.25) is 0 Å². The summed E-state index contributed by atoms with van der Waals surface area (Å²) in [5.74, 6) is 1.74. The Morgan fingerprint density at radius 1 is 1.35 bits per heavy atom. The summed E-state index contributed by atoms with van der Waals surface area (Å²) < 4.78 is 5.96. The lowest BCUT2D eigenvalue weighted by atomic mass is 9.96. The number of para-hydroxylation sites is 1. The molecule has 0 saturated carbocycles. The largest absolute Gasteiger partial charge is 0.491 e. The minimum atomic E-state index is 0.190. The van der Waals surface area contributed by atoms with Gasteiger partial charge < -0.3 is 10.5 Å². The average molecular weight is 276 g/mol. The molecule has 1 heterocycles. The van der Waals surface area contributed by atoms with Crippen molar-refractivity contribution in [2.45, 2.75) is 45.8 Å². The van der Waals surface area contributed by atoms with Crippen LogP contribution in [0.5, 0.6) is 5.75 Å². The number of piperidine rings is 1. The number of ether oxygens (including phenoxy) is 1. The lowest BCUT2D eigenvalue weighted by Crippen LogP contribution is -2.40. The highest BCUT2D eigenvalue weighted by atomic mass is 16.5. The van der Waals surface area contributed by atoms with E-state index < -0.39 is 0 Å². The van der Waals surface area contributed by atoms with E-state index in [0.29, 0.717) is 6.54 Å². The van der Waals surface area contributed by atoms with E-state index >= 15 is 0 Å². The van der Waals surface area contributed by atoms with Gasteiger partial charge in [-0.1, -0.05) is 25.1 Å². The van der Waals surface area contributed by atoms with Crippen LogP contribution < -0.4 is 10.5 Å². The molecule has 1 aliphatic heterocycles. The van der Waals surface area contributed by atoms with E-state index in [9.17, 15) is 0 Å². The Balaban J connectivity index is 2.22. The van der Waals surface area contributed by atoms with Gasteiger partial charge in [-0.15, -0.1) is 0 Å². The maximum Gasteiger partial charge on any atom is 0.124 e. The number of nitrogens with zero attached hydrogens (tertiary/aromatic N) is 1. The van der Waals surface area contributed by atoms with Gasteiger partial charge in [-0.3, -0.25) is 4.90 Å². The number of nitrogens with two attached hydrogens (primary N) is 1. The Kier molecular flexibility index (Phi) is 5.44. The maximum absolute atomic E-state index is 6.08. The fraction of sp³-hybridized carbons (Fsp3) is 0.647. The summed E-state index contributed by atoms with van der Waals surface area (Å²) in [6, 6.07) is 8.61. The minimum Gasteiger partial charge on any atom is -0.491 e. The predicted molar refractivity (Wildman–Crippen MR) is 84.0 cm³/mol. The van der Waals surface area contributed by atoms with Gasteiger partial charge in [-0.25, -0.2) is 0 Å². The summed E-state index contributed by atoms with van der Waals surface area (Å²) in [6.07, 6.45) is 2.79. The van der Waals surface area contributed by atoms with Gasteiger partial charge in [0.15, 0.2) is 0 Å². The smallest absolute Gasteiger partial charge is 0.124 e. The molecule has 2 rings (SSSR count). The molecule has 1 fully saturated rings. The predicted octanol–water partition coefficient (Wildman–Crippen LogP) is 3.21. The molecule has 1 aliphatic rings. The van der Waals surface area contributed by atoms with Gasteiger partial charge in [0, 0.05) is 18.7 Å². The van der Waals surface area contributed by atoms with E-state index in [-0.39, 0.29) is 12.1 Å². The summed E-state index contributed by atoms with van der Waals surface area (Å²) in [7, 11) is 0. The zero-order chi connectivity index (χ0) is 14.5. The van der Waals surface area contributed by atoms with Crippen LogP contribution in [0.3, 0.4) is 0 Å². The second-order valence-electron chi connectivity index (χ2n) is 6.20. The fourth-order valence-electron chi connectivity index (χ4n) is 3.10. The fourth-order valence-corrected chi connectivity index (χ4v) is 3.10. The van der Waals surface area contributed by atoms with E-state index in [1.807, 2.05) is 6.07 Å². The first-order chi connectivity index (χ1) is 9.61. The molecule has 3 nitrogen and oxygen atoms in total. The molecule has 1 aromatic carbocycles. The van der Waals surface area contributed by atoms with Gasteiger partial charge >= 0.3 is 0 Å². The number of rotatable bonds is 5. The zero-order valence-electron chi connectivity index (χ0n) is 13.0. The highest BCUT2D eigenvalue weighted by Crippen LogP contribution is 2.32. The summed E-state index contributed by atoms with van der Waals surface area (Å²) in [4.78, 5) is 2.52. The third kappa shape index (κ3) is 3.74. The van der Waals surface area contributed by atoms with Crippen LogP contribution in [-0.2, 0) is 0 Å². The first-order valence-electron chi connectivity index (χ1n) is 7.81. The van der Waals surface area contributed by atoms with Gasteiger partial charge in [-0.2, -0.15) is 0 Å². The van der Waals surface area contributed by atoms with Crippen molar-refractivity contribution >= 4 is 0 Å². The second-order valence-corrected chi connectivity index (χ2v) is 6.20. The molecule has 20 heavy (non-hydrogen) atoms. The SMILES string of the molecule is CC1CCCN(C(CN)c2ccccc2OC(C)C)C1. The molecule has 1 aromatic rings.